The standard InChI is InChI=1S/C15H10N4O4/c20-14(18-15-17-7-8-23-15)11-5-6-16-13(9-11)10-1-3-12(4-2-10)19(21)22/h1-9H,(H,17,18,20). The van der Waals surface area contributed by atoms with Crippen molar-refractivity contribution in [2.75, 3.05) is 5.32 Å². The summed E-state index contributed by atoms with van der Waals surface area (Å²) in [5.41, 5.74) is 1.56. The lowest BCUT2D eigenvalue weighted by Gasteiger charge is -2.04. The molecule has 0 aliphatic carbocycles. The number of pyridine rings is 1. The van der Waals surface area contributed by atoms with E-state index in [-0.39, 0.29) is 11.7 Å². The van der Waals surface area contributed by atoms with Crippen LogP contribution in [0.25, 0.3) is 11.3 Å². The van der Waals surface area contributed by atoms with Crippen LogP contribution in [-0.4, -0.2) is 20.8 Å². The summed E-state index contributed by atoms with van der Waals surface area (Å²) in [6.07, 6.45) is 4.26. The average Bonchev–Trinajstić information content (AvgIpc) is 3.08. The third-order valence-corrected chi connectivity index (χ3v) is 3.05. The number of oxazole rings is 1. The maximum absolute atomic E-state index is 12.1. The molecule has 0 saturated carbocycles. The summed E-state index contributed by atoms with van der Waals surface area (Å²) < 4.78 is 4.95. The van der Waals surface area contributed by atoms with Crippen LogP contribution >= 0.6 is 0 Å². The summed E-state index contributed by atoms with van der Waals surface area (Å²) >= 11 is 0. The number of aromatic nitrogens is 2. The van der Waals surface area contributed by atoms with Gasteiger partial charge in [-0.1, -0.05) is 0 Å². The molecule has 114 valence electrons. The second-order valence-corrected chi connectivity index (χ2v) is 4.53. The zero-order chi connectivity index (χ0) is 16.2. The molecule has 3 rings (SSSR count). The molecule has 2 aromatic heterocycles. The molecule has 0 saturated heterocycles. The fourth-order valence-electron chi connectivity index (χ4n) is 1.94. The molecule has 0 fully saturated rings. The van der Waals surface area contributed by atoms with Gasteiger partial charge in [-0.3, -0.25) is 25.2 Å². The van der Waals surface area contributed by atoms with Gasteiger partial charge in [0.1, 0.15) is 6.26 Å². The fraction of sp³-hybridized carbons (Fsp3) is 0. The molecule has 2 heterocycles. The Kier molecular flexibility index (Phi) is 3.79. The lowest BCUT2D eigenvalue weighted by molar-refractivity contribution is -0.384. The smallest absolute Gasteiger partial charge is 0.301 e. The van der Waals surface area contributed by atoms with Gasteiger partial charge < -0.3 is 4.42 Å². The molecule has 0 aliphatic rings. The molecule has 0 radical (unpaired) electrons. The number of anilines is 1. The third kappa shape index (κ3) is 3.21. The molecule has 0 unspecified atom stereocenters. The largest absolute Gasteiger partial charge is 0.432 e. The predicted molar refractivity (Wildman–Crippen MR) is 80.8 cm³/mol. The lowest BCUT2D eigenvalue weighted by Crippen LogP contribution is -2.12. The van der Waals surface area contributed by atoms with Crippen LogP contribution in [0.4, 0.5) is 11.7 Å². The van der Waals surface area contributed by atoms with Crippen LogP contribution in [0.15, 0.2) is 59.5 Å². The van der Waals surface area contributed by atoms with Crippen molar-refractivity contribution >= 4 is 17.6 Å². The highest BCUT2D eigenvalue weighted by atomic mass is 16.6. The Morgan fingerprint density at radius 1 is 1.13 bits per heavy atom. The van der Waals surface area contributed by atoms with Crippen LogP contribution < -0.4 is 5.32 Å². The van der Waals surface area contributed by atoms with Gasteiger partial charge in [0, 0.05) is 29.5 Å². The number of carbonyl (C=O) groups excluding carboxylic acids is 1. The summed E-state index contributed by atoms with van der Waals surface area (Å²) in [5.74, 6) is -0.391. The van der Waals surface area contributed by atoms with E-state index in [0.29, 0.717) is 16.8 Å². The van der Waals surface area contributed by atoms with Gasteiger partial charge >= 0.3 is 6.01 Å². The van der Waals surface area contributed by atoms with E-state index in [4.69, 9.17) is 4.42 Å². The molecule has 1 N–H and O–H groups in total. The monoisotopic (exact) mass is 310 g/mol. The first kappa shape index (κ1) is 14.4. The highest BCUT2D eigenvalue weighted by Gasteiger charge is 2.11. The van der Waals surface area contributed by atoms with Crippen LogP contribution in [0.5, 0.6) is 0 Å². The first-order valence-electron chi connectivity index (χ1n) is 6.55. The molecule has 0 aliphatic heterocycles. The van der Waals surface area contributed by atoms with E-state index in [9.17, 15) is 14.9 Å². The van der Waals surface area contributed by atoms with E-state index in [2.05, 4.69) is 15.3 Å². The number of nitro benzene ring substituents is 1. The van der Waals surface area contributed by atoms with Gasteiger partial charge in [-0.25, -0.2) is 4.98 Å². The average molecular weight is 310 g/mol. The summed E-state index contributed by atoms with van der Waals surface area (Å²) in [5, 5.41) is 13.2. The van der Waals surface area contributed by atoms with Crippen molar-refractivity contribution in [1.82, 2.24) is 9.97 Å². The molecule has 3 aromatic rings. The molecule has 0 bridgehead atoms. The third-order valence-electron chi connectivity index (χ3n) is 3.05. The van der Waals surface area contributed by atoms with Crippen molar-refractivity contribution in [2.24, 2.45) is 0 Å². The van der Waals surface area contributed by atoms with Crippen LogP contribution in [0.1, 0.15) is 10.4 Å². The molecule has 0 spiro atoms. The molecule has 8 heteroatoms. The van der Waals surface area contributed by atoms with Crippen LogP contribution in [-0.2, 0) is 0 Å². The SMILES string of the molecule is O=C(Nc1ncco1)c1ccnc(-c2ccc([N+](=O)[O-])cc2)c1. The Hall–Kier alpha value is -3.55. The minimum absolute atomic E-state index is 0.00783. The van der Waals surface area contributed by atoms with Gasteiger partial charge in [0.25, 0.3) is 11.6 Å². The van der Waals surface area contributed by atoms with Gasteiger partial charge in [-0.05, 0) is 24.3 Å². The van der Waals surface area contributed by atoms with Crippen molar-refractivity contribution < 1.29 is 14.1 Å². The molecule has 8 nitrogen and oxygen atoms in total. The zero-order valence-electron chi connectivity index (χ0n) is 11.7. The van der Waals surface area contributed by atoms with E-state index < -0.39 is 10.8 Å². The minimum atomic E-state index is -0.475. The summed E-state index contributed by atoms with van der Waals surface area (Å²) in [7, 11) is 0. The molecular formula is C15H10N4O4. The molecule has 23 heavy (non-hydrogen) atoms. The van der Waals surface area contributed by atoms with Gasteiger partial charge in [0.15, 0.2) is 0 Å². The topological polar surface area (TPSA) is 111 Å². The quantitative estimate of drug-likeness (QED) is 0.586. The lowest BCUT2D eigenvalue weighted by atomic mass is 10.1. The van der Waals surface area contributed by atoms with Gasteiger partial charge in [-0.15, -0.1) is 0 Å². The first-order valence-corrected chi connectivity index (χ1v) is 6.55. The second kappa shape index (κ2) is 6.06. The van der Waals surface area contributed by atoms with Crippen molar-refractivity contribution in [2.45, 2.75) is 0 Å². The first-order chi connectivity index (χ1) is 11.1. The van der Waals surface area contributed by atoms with Crippen LogP contribution in [0, 0.1) is 10.1 Å². The van der Waals surface area contributed by atoms with Crippen molar-refractivity contribution in [3.05, 3.63) is 70.7 Å². The summed E-state index contributed by atoms with van der Waals surface area (Å²) in [4.78, 5) is 30.3. The number of nitro groups is 1. The number of hydrogen-bond donors (Lipinski definition) is 1. The Labute approximate surface area is 130 Å². The van der Waals surface area contributed by atoms with E-state index in [1.54, 1.807) is 24.3 Å². The zero-order valence-corrected chi connectivity index (χ0v) is 11.7. The van der Waals surface area contributed by atoms with Crippen molar-refractivity contribution in [3.8, 4) is 11.3 Å². The number of hydrogen-bond acceptors (Lipinski definition) is 6. The Morgan fingerprint density at radius 2 is 1.91 bits per heavy atom. The number of nitrogens with zero attached hydrogens (tertiary/aromatic N) is 3. The van der Waals surface area contributed by atoms with Gasteiger partial charge in [0.05, 0.1) is 16.8 Å². The number of nitrogens with one attached hydrogen (secondary N) is 1. The van der Waals surface area contributed by atoms with Gasteiger partial charge in [-0.2, -0.15) is 0 Å². The molecule has 1 amide bonds. The Morgan fingerprint density at radius 3 is 2.57 bits per heavy atom. The normalized spacial score (nSPS) is 10.3. The second-order valence-electron chi connectivity index (χ2n) is 4.53. The number of benzene rings is 1. The van der Waals surface area contributed by atoms with E-state index in [1.807, 2.05) is 0 Å². The number of non-ortho nitro benzene ring substituents is 1. The maximum atomic E-state index is 12.1. The van der Waals surface area contributed by atoms with Crippen LogP contribution in [0.2, 0.25) is 0 Å². The van der Waals surface area contributed by atoms with E-state index in [1.165, 1.54) is 30.8 Å². The van der Waals surface area contributed by atoms with Gasteiger partial charge in [0.2, 0.25) is 0 Å². The van der Waals surface area contributed by atoms with Crippen LogP contribution in [0.3, 0.4) is 0 Å². The number of carbonyl (C=O) groups is 1. The minimum Gasteiger partial charge on any atom is -0.432 e. The fourth-order valence-corrected chi connectivity index (χ4v) is 1.94. The summed E-state index contributed by atoms with van der Waals surface area (Å²) in [6.45, 7) is 0. The highest BCUT2D eigenvalue weighted by Crippen LogP contribution is 2.21. The highest BCUT2D eigenvalue weighted by molar-refractivity contribution is 6.03. The van der Waals surface area contributed by atoms with E-state index in [0.717, 1.165) is 0 Å². The Bertz CT molecular complexity index is 844. The molecule has 1 aromatic carbocycles. The summed E-state index contributed by atoms with van der Waals surface area (Å²) in [6, 6.07) is 9.16. The number of amides is 1. The van der Waals surface area contributed by atoms with Crippen molar-refractivity contribution in [3.63, 3.8) is 0 Å². The number of rotatable bonds is 4. The Balaban J connectivity index is 1.84. The predicted octanol–water partition coefficient (Wildman–Crippen LogP) is 2.90. The molecular weight excluding hydrogens is 300 g/mol. The molecule has 0 atom stereocenters. The maximum Gasteiger partial charge on any atom is 0.301 e. The van der Waals surface area contributed by atoms with E-state index >= 15 is 0 Å². The van der Waals surface area contributed by atoms with Crippen molar-refractivity contribution in [1.29, 1.82) is 0 Å².